The first-order chi connectivity index (χ1) is 15.1. The Kier molecular flexibility index (Phi) is 5.07. The molecule has 1 N–H and O–H groups in total. The zero-order valence-corrected chi connectivity index (χ0v) is 17.8. The van der Waals surface area contributed by atoms with Gasteiger partial charge < -0.3 is 5.32 Å². The normalized spacial score (nSPS) is 15.2. The summed E-state index contributed by atoms with van der Waals surface area (Å²) in [7, 11) is 0. The molecule has 1 aliphatic rings. The number of nitrogens with one attached hydrogen (secondary N) is 1. The lowest BCUT2D eigenvalue weighted by atomic mass is 10.1. The Morgan fingerprint density at radius 3 is 2.68 bits per heavy atom. The fourth-order valence-electron chi connectivity index (χ4n) is 3.79. The van der Waals surface area contributed by atoms with Crippen molar-refractivity contribution >= 4 is 34.4 Å². The Bertz CT molecular complexity index is 1310. The van der Waals surface area contributed by atoms with Crippen LogP contribution in [0.1, 0.15) is 24.9 Å². The zero-order valence-electron chi connectivity index (χ0n) is 17.0. The maximum absolute atomic E-state index is 13.2. The molecule has 3 heterocycles. The minimum atomic E-state index is -0.237. The van der Waals surface area contributed by atoms with Crippen molar-refractivity contribution in [3.8, 4) is 5.69 Å². The first-order valence-electron chi connectivity index (χ1n) is 10.2. The van der Waals surface area contributed by atoms with Crippen molar-refractivity contribution in [1.82, 2.24) is 19.3 Å². The van der Waals surface area contributed by atoms with Gasteiger partial charge in [-0.05, 0) is 36.2 Å². The van der Waals surface area contributed by atoms with Crippen LogP contribution in [-0.4, -0.2) is 31.0 Å². The second-order valence-electron chi connectivity index (χ2n) is 7.47. The zero-order chi connectivity index (χ0) is 21.4. The number of carbonyl (C=O) groups is 1. The molecule has 0 spiro atoms. The monoisotopic (exact) mass is 431 g/mol. The topological polar surface area (TPSA) is 81.8 Å². The van der Waals surface area contributed by atoms with Gasteiger partial charge in [0.1, 0.15) is 5.39 Å². The predicted molar refractivity (Wildman–Crippen MR) is 122 cm³/mol. The molecule has 2 aromatic carbocycles. The van der Waals surface area contributed by atoms with E-state index in [-0.39, 0.29) is 23.9 Å². The van der Waals surface area contributed by atoms with Gasteiger partial charge in [-0.2, -0.15) is 5.10 Å². The van der Waals surface area contributed by atoms with Gasteiger partial charge in [-0.25, -0.2) is 9.67 Å². The molecule has 0 saturated heterocycles. The lowest BCUT2D eigenvalue weighted by Gasteiger charge is -2.13. The summed E-state index contributed by atoms with van der Waals surface area (Å²) >= 11 is 1.50. The second-order valence-corrected chi connectivity index (χ2v) is 8.45. The molecule has 7 nitrogen and oxygen atoms in total. The van der Waals surface area contributed by atoms with Gasteiger partial charge >= 0.3 is 0 Å². The molecule has 1 amide bonds. The fraction of sp³-hybridized carbons (Fsp3) is 0.217. The number of aromatic nitrogens is 4. The maximum Gasteiger partial charge on any atom is 0.265 e. The summed E-state index contributed by atoms with van der Waals surface area (Å²) in [6.45, 7) is 2.09. The third-order valence-electron chi connectivity index (χ3n) is 5.44. The van der Waals surface area contributed by atoms with Crippen LogP contribution >= 0.6 is 11.8 Å². The van der Waals surface area contributed by atoms with Crippen LogP contribution in [0.3, 0.4) is 0 Å². The number of aryl methyl sites for hydroxylation is 1. The molecule has 5 rings (SSSR count). The van der Waals surface area contributed by atoms with E-state index in [1.165, 1.54) is 17.3 Å². The van der Waals surface area contributed by atoms with Crippen molar-refractivity contribution < 1.29 is 4.79 Å². The number of para-hydroxylation sites is 1. The molecule has 0 radical (unpaired) electrons. The highest BCUT2D eigenvalue weighted by Crippen LogP contribution is 2.33. The van der Waals surface area contributed by atoms with Crippen molar-refractivity contribution in [1.29, 1.82) is 0 Å². The minimum Gasteiger partial charge on any atom is -0.326 e. The molecular weight excluding hydrogens is 410 g/mol. The van der Waals surface area contributed by atoms with Crippen LogP contribution in [-0.2, 0) is 11.2 Å². The van der Waals surface area contributed by atoms with Crippen LogP contribution in [0.25, 0.3) is 16.7 Å². The highest BCUT2D eigenvalue weighted by atomic mass is 32.2. The smallest absolute Gasteiger partial charge is 0.265 e. The molecule has 156 valence electrons. The van der Waals surface area contributed by atoms with Gasteiger partial charge in [0.25, 0.3) is 5.56 Å². The quantitative estimate of drug-likeness (QED) is 0.486. The molecule has 0 saturated carbocycles. The van der Waals surface area contributed by atoms with E-state index in [0.717, 1.165) is 17.8 Å². The first kappa shape index (κ1) is 19.6. The molecule has 0 bridgehead atoms. The molecular formula is C23H21N5O2S. The number of nitrogens with zero attached hydrogens (tertiary/aromatic N) is 4. The van der Waals surface area contributed by atoms with Crippen LogP contribution in [0, 0.1) is 0 Å². The van der Waals surface area contributed by atoms with Crippen molar-refractivity contribution in [2.45, 2.75) is 31.0 Å². The van der Waals surface area contributed by atoms with E-state index >= 15 is 0 Å². The Morgan fingerprint density at radius 2 is 1.94 bits per heavy atom. The lowest BCUT2D eigenvalue weighted by Crippen LogP contribution is -2.27. The Morgan fingerprint density at radius 1 is 1.16 bits per heavy atom. The Labute approximate surface area is 183 Å². The van der Waals surface area contributed by atoms with Gasteiger partial charge in [0.15, 0.2) is 10.8 Å². The summed E-state index contributed by atoms with van der Waals surface area (Å²) in [5, 5.41) is 8.39. The number of fused-ring (bicyclic) bond motifs is 2. The highest BCUT2D eigenvalue weighted by Gasteiger charge is 2.29. The van der Waals surface area contributed by atoms with Crippen LogP contribution in [0.5, 0.6) is 0 Å². The molecule has 0 fully saturated rings. The minimum absolute atomic E-state index is 0.116. The third-order valence-corrected chi connectivity index (χ3v) is 6.54. The van der Waals surface area contributed by atoms with Crippen molar-refractivity contribution in [2.24, 2.45) is 0 Å². The van der Waals surface area contributed by atoms with E-state index < -0.39 is 0 Å². The molecule has 1 unspecified atom stereocenters. The maximum atomic E-state index is 13.2. The number of rotatable bonds is 5. The first-order valence-corrected chi connectivity index (χ1v) is 11.2. The van der Waals surface area contributed by atoms with E-state index in [1.54, 1.807) is 15.4 Å². The van der Waals surface area contributed by atoms with E-state index in [9.17, 15) is 9.59 Å². The molecule has 1 atom stereocenters. The standard InChI is InChI=1S/C23H21N5O2S/c1-2-15-8-10-16(11-9-15)25-20(29)12-18-14-31-23-26-21-19(22(30)27(18)23)13-24-28(21)17-6-4-3-5-7-17/h3-11,13,18H,2,12,14H2,1H3,(H,25,29). The number of hydrogen-bond donors (Lipinski definition) is 1. The average Bonchev–Trinajstić information content (AvgIpc) is 3.40. The summed E-state index contributed by atoms with van der Waals surface area (Å²) in [5.74, 6) is 0.519. The highest BCUT2D eigenvalue weighted by molar-refractivity contribution is 7.99. The van der Waals surface area contributed by atoms with Crippen LogP contribution < -0.4 is 10.9 Å². The number of thioether (sulfide) groups is 1. The number of hydrogen-bond acceptors (Lipinski definition) is 5. The van der Waals surface area contributed by atoms with Crippen molar-refractivity contribution in [3.63, 3.8) is 0 Å². The Balaban J connectivity index is 1.41. The molecule has 1 aliphatic heterocycles. The summed E-state index contributed by atoms with van der Waals surface area (Å²) < 4.78 is 3.32. The third kappa shape index (κ3) is 3.63. The van der Waals surface area contributed by atoms with Gasteiger partial charge in [-0.1, -0.05) is 49.0 Å². The van der Waals surface area contributed by atoms with Crippen LogP contribution in [0.4, 0.5) is 5.69 Å². The summed E-state index contributed by atoms with van der Waals surface area (Å²) in [5.41, 5.74) is 3.21. The Hall–Kier alpha value is -3.39. The van der Waals surface area contributed by atoms with E-state index in [0.29, 0.717) is 21.9 Å². The SMILES string of the molecule is CCc1ccc(NC(=O)CC2CSc3nc4c(cnn4-c4ccccc4)c(=O)n32)cc1. The van der Waals surface area contributed by atoms with E-state index in [1.807, 2.05) is 54.6 Å². The van der Waals surface area contributed by atoms with E-state index in [4.69, 9.17) is 4.98 Å². The van der Waals surface area contributed by atoms with Crippen molar-refractivity contribution in [2.75, 3.05) is 11.1 Å². The molecule has 4 aromatic rings. The van der Waals surface area contributed by atoms with Crippen LogP contribution in [0.15, 0.2) is 70.7 Å². The number of anilines is 1. The van der Waals surface area contributed by atoms with Gasteiger partial charge in [0, 0.05) is 17.9 Å². The van der Waals surface area contributed by atoms with Crippen molar-refractivity contribution in [3.05, 3.63) is 76.7 Å². The van der Waals surface area contributed by atoms with Gasteiger partial charge in [0.05, 0.1) is 17.9 Å². The second kappa shape index (κ2) is 8.03. The molecule has 2 aromatic heterocycles. The molecule has 8 heteroatoms. The average molecular weight is 432 g/mol. The number of amides is 1. The van der Waals surface area contributed by atoms with Gasteiger partial charge in [-0.3, -0.25) is 14.2 Å². The largest absolute Gasteiger partial charge is 0.326 e. The number of carbonyl (C=O) groups excluding carboxylic acids is 1. The molecule has 0 aliphatic carbocycles. The fourth-order valence-corrected chi connectivity index (χ4v) is 4.92. The predicted octanol–water partition coefficient (Wildman–Crippen LogP) is 3.82. The summed E-state index contributed by atoms with van der Waals surface area (Å²) in [4.78, 5) is 30.5. The van der Waals surface area contributed by atoms with Gasteiger partial charge in [-0.15, -0.1) is 0 Å². The van der Waals surface area contributed by atoms with E-state index in [2.05, 4.69) is 17.3 Å². The summed E-state index contributed by atoms with van der Waals surface area (Å²) in [6.07, 6.45) is 2.73. The molecule has 31 heavy (non-hydrogen) atoms. The summed E-state index contributed by atoms with van der Waals surface area (Å²) in [6, 6.07) is 17.2. The number of benzene rings is 2. The lowest BCUT2D eigenvalue weighted by molar-refractivity contribution is -0.116. The van der Waals surface area contributed by atoms with Crippen LogP contribution in [0.2, 0.25) is 0 Å². The van der Waals surface area contributed by atoms with Gasteiger partial charge in [0.2, 0.25) is 5.91 Å².